The van der Waals surface area contributed by atoms with Gasteiger partial charge in [0.05, 0.1) is 6.54 Å². The van der Waals surface area contributed by atoms with Gasteiger partial charge in [-0.25, -0.2) is 14.4 Å². The fraction of sp³-hybridized carbons (Fsp3) is 0.368. The van der Waals surface area contributed by atoms with Crippen LogP contribution < -0.4 is 10.6 Å². The van der Waals surface area contributed by atoms with Gasteiger partial charge in [-0.3, -0.25) is 0 Å². The van der Waals surface area contributed by atoms with Gasteiger partial charge in [-0.05, 0) is 43.5 Å². The van der Waals surface area contributed by atoms with Gasteiger partial charge < -0.3 is 15.6 Å². The third kappa shape index (κ3) is 5.90. The number of thiazole rings is 1. The van der Waals surface area contributed by atoms with Crippen LogP contribution in [-0.4, -0.2) is 29.0 Å². The Kier molecular flexibility index (Phi) is 8.49. The zero-order valence-corrected chi connectivity index (χ0v) is 18.7. The highest BCUT2D eigenvalue weighted by Gasteiger charge is 2.06. The van der Waals surface area contributed by atoms with E-state index in [1.807, 2.05) is 19.3 Å². The number of nitrogens with zero attached hydrogens (tertiary/aromatic N) is 2. The standard InChI is InChI=1S/C19H24FN5S.HI/c1-3-15-11-24-18(26-15)12-25-19(21-4-2)22-8-7-13-10-23-17-6-5-14(20)9-16(13)17;/h5-6,9-11,23H,3-4,7-8,12H2,1-2H3,(H2,21,22,25);1H. The molecule has 3 aromatic rings. The quantitative estimate of drug-likeness (QED) is 0.258. The Labute approximate surface area is 179 Å². The van der Waals surface area contributed by atoms with Crippen LogP contribution in [0.4, 0.5) is 4.39 Å². The van der Waals surface area contributed by atoms with Crippen LogP contribution in [-0.2, 0) is 19.4 Å². The Morgan fingerprint density at radius 1 is 1.30 bits per heavy atom. The van der Waals surface area contributed by atoms with Crippen molar-refractivity contribution in [2.45, 2.75) is 33.2 Å². The van der Waals surface area contributed by atoms with Crippen molar-refractivity contribution < 1.29 is 4.39 Å². The molecule has 8 heteroatoms. The molecular formula is C19H25FIN5S. The fourth-order valence-corrected chi connectivity index (χ4v) is 3.53. The zero-order chi connectivity index (χ0) is 18.4. The summed E-state index contributed by atoms with van der Waals surface area (Å²) in [6.07, 6.45) is 5.65. The van der Waals surface area contributed by atoms with Gasteiger partial charge in [-0.15, -0.1) is 35.3 Å². The first-order valence-electron chi connectivity index (χ1n) is 8.90. The molecule has 5 nitrogen and oxygen atoms in total. The van der Waals surface area contributed by atoms with Crippen molar-refractivity contribution in [3.8, 4) is 0 Å². The number of hydrogen-bond donors (Lipinski definition) is 3. The van der Waals surface area contributed by atoms with Crippen LogP contribution in [0.15, 0.2) is 35.6 Å². The van der Waals surface area contributed by atoms with Gasteiger partial charge in [0.1, 0.15) is 10.8 Å². The summed E-state index contributed by atoms with van der Waals surface area (Å²) < 4.78 is 13.5. The van der Waals surface area contributed by atoms with E-state index in [1.54, 1.807) is 23.5 Å². The van der Waals surface area contributed by atoms with E-state index in [1.165, 1.54) is 10.9 Å². The van der Waals surface area contributed by atoms with Crippen LogP contribution in [0.2, 0.25) is 0 Å². The average Bonchev–Trinajstić information content (AvgIpc) is 3.26. The number of nitrogens with one attached hydrogen (secondary N) is 3. The number of benzene rings is 1. The highest BCUT2D eigenvalue weighted by molar-refractivity contribution is 14.0. The average molecular weight is 501 g/mol. The molecule has 2 aromatic heterocycles. The molecule has 0 aliphatic rings. The molecule has 0 aliphatic heterocycles. The molecule has 0 radical (unpaired) electrons. The van der Waals surface area contributed by atoms with Crippen molar-refractivity contribution in [2.24, 2.45) is 4.99 Å². The van der Waals surface area contributed by atoms with E-state index in [0.29, 0.717) is 13.1 Å². The molecule has 1 aromatic carbocycles. The summed E-state index contributed by atoms with van der Waals surface area (Å²) in [5.41, 5.74) is 2.05. The number of fused-ring (bicyclic) bond motifs is 1. The maximum Gasteiger partial charge on any atom is 0.191 e. The molecule has 0 saturated carbocycles. The molecule has 0 atom stereocenters. The maximum atomic E-state index is 13.5. The number of rotatable bonds is 7. The number of H-pyrrole nitrogens is 1. The van der Waals surface area contributed by atoms with E-state index < -0.39 is 0 Å². The number of aryl methyl sites for hydroxylation is 1. The smallest absolute Gasteiger partial charge is 0.191 e. The molecule has 3 rings (SSSR count). The molecule has 0 aliphatic carbocycles. The van der Waals surface area contributed by atoms with E-state index in [9.17, 15) is 4.39 Å². The molecule has 0 fully saturated rings. The molecule has 0 saturated heterocycles. The molecule has 2 heterocycles. The van der Waals surface area contributed by atoms with E-state index in [0.717, 1.165) is 46.8 Å². The largest absolute Gasteiger partial charge is 0.361 e. The second-order valence-electron chi connectivity index (χ2n) is 5.95. The number of halogens is 2. The Morgan fingerprint density at radius 2 is 2.15 bits per heavy atom. The molecule has 0 spiro atoms. The molecular weight excluding hydrogens is 476 g/mol. The Bertz CT molecular complexity index is 889. The van der Waals surface area contributed by atoms with Gasteiger partial charge in [-0.1, -0.05) is 6.92 Å². The lowest BCUT2D eigenvalue weighted by atomic mass is 10.1. The molecule has 0 unspecified atom stereocenters. The van der Waals surface area contributed by atoms with Crippen molar-refractivity contribution in [1.29, 1.82) is 0 Å². The molecule has 146 valence electrons. The molecule has 0 bridgehead atoms. The monoisotopic (exact) mass is 501 g/mol. The van der Waals surface area contributed by atoms with Gasteiger partial charge in [0.25, 0.3) is 0 Å². The first-order valence-corrected chi connectivity index (χ1v) is 9.72. The number of guanidine groups is 1. The summed E-state index contributed by atoms with van der Waals surface area (Å²) in [7, 11) is 0. The third-order valence-corrected chi connectivity index (χ3v) is 5.21. The summed E-state index contributed by atoms with van der Waals surface area (Å²) in [6.45, 7) is 6.24. The first kappa shape index (κ1) is 21.6. The van der Waals surface area contributed by atoms with E-state index in [2.05, 4.69) is 32.5 Å². The third-order valence-electron chi connectivity index (χ3n) is 4.08. The number of aromatic nitrogens is 2. The lowest BCUT2D eigenvalue weighted by Crippen LogP contribution is -2.38. The summed E-state index contributed by atoms with van der Waals surface area (Å²) in [5.74, 6) is 0.558. The van der Waals surface area contributed by atoms with Crippen molar-refractivity contribution >= 4 is 52.2 Å². The zero-order valence-electron chi connectivity index (χ0n) is 15.5. The molecule has 0 amide bonds. The Hall–Kier alpha value is -1.68. The Balaban J connectivity index is 0.00000261. The van der Waals surface area contributed by atoms with Gasteiger partial charge in [0.2, 0.25) is 0 Å². The lowest BCUT2D eigenvalue weighted by molar-refractivity contribution is 0.629. The highest BCUT2D eigenvalue weighted by Crippen LogP contribution is 2.19. The van der Waals surface area contributed by atoms with Crippen molar-refractivity contribution in [3.05, 3.63) is 51.9 Å². The van der Waals surface area contributed by atoms with Crippen LogP contribution >= 0.6 is 35.3 Å². The topological polar surface area (TPSA) is 65.1 Å². The minimum Gasteiger partial charge on any atom is -0.361 e. The predicted octanol–water partition coefficient (Wildman–Crippen LogP) is 4.24. The van der Waals surface area contributed by atoms with Gasteiger partial charge in [-0.2, -0.15) is 0 Å². The van der Waals surface area contributed by atoms with Crippen LogP contribution in [0.1, 0.15) is 29.3 Å². The van der Waals surface area contributed by atoms with E-state index in [4.69, 9.17) is 0 Å². The molecule has 27 heavy (non-hydrogen) atoms. The van der Waals surface area contributed by atoms with Crippen molar-refractivity contribution in [3.63, 3.8) is 0 Å². The van der Waals surface area contributed by atoms with Gasteiger partial charge in [0.15, 0.2) is 5.96 Å². The minimum absolute atomic E-state index is 0. The second-order valence-corrected chi connectivity index (χ2v) is 7.15. The van der Waals surface area contributed by atoms with Crippen LogP contribution in [0.5, 0.6) is 0 Å². The van der Waals surface area contributed by atoms with E-state index >= 15 is 0 Å². The predicted molar refractivity (Wildman–Crippen MR) is 122 cm³/mol. The SMILES string of the molecule is CCNC(=NCc1ncc(CC)s1)NCCc1c[nH]c2ccc(F)cc12.I. The van der Waals surface area contributed by atoms with Crippen molar-refractivity contribution in [2.75, 3.05) is 13.1 Å². The summed E-state index contributed by atoms with van der Waals surface area (Å²) >= 11 is 1.70. The highest BCUT2D eigenvalue weighted by atomic mass is 127. The summed E-state index contributed by atoms with van der Waals surface area (Å²) in [6, 6.07) is 4.82. The maximum absolute atomic E-state index is 13.5. The fourth-order valence-electron chi connectivity index (χ4n) is 2.75. The van der Waals surface area contributed by atoms with Crippen LogP contribution in [0.25, 0.3) is 10.9 Å². The number of aromatic amines is 1. The van der Waals surface area contributed by atoms with Gasteiger partial charge in [0, 0.05) is 41.3 Å². The Morgan fingerprint density at radius 3 is 2.89 bits per heavy atom. The minimum atomic E-state index is -0.212. The molecule has 3 N–H and O–H groups in total. The van der Waals surface area contributed by atoms with E-state index in [-0.39, 0.29) is 29.8 Å². The van der Waals surface area contributed by atoms with Crippen LogP contribution in [0.3, 0.4) is 0 Å². The summed E-state index contributed by atoms with van der Waals surface area (Å²) in [4.78, 5) is 13.5. The van der Waals surface area contributed by atoms with Gasteiger partial charge >= 0.3 is 0 Å². The van der Waals surface area contributed by atoms with Crippen LogP contribution in [0, 0.1) is 5.82 Å². The lowest BCUT2D eigenvalue weighted by Gasteiger charge is -2.10. The second kappa shape index (κ2) is 10.6. The van der Waals surface area contributed by atoms with Crippen molar-refractivity contribution in [1.82, 2.24) is 20.6 Å². The summed E-state index contributed by atoms with van der Waals surface area (Å²) in [5, 5.41) is 8.54. The number of aliphatic imine (C=N–C) groups is 1. The normalized spacial score (nSPS) is 11.4. The number of hydrogen-bond acceptors (Lipinski definition) is 3. The first-order chi connectivity index (χ1) is 12.7.